The van der Waals surface area contributed by atoms with Crippen LogP contribution in [-0.4, -0.2) is 12.0 Å². The molecule has 1 atom stereocenters. The van der Waals surface area contributed by atoms with Gasteiger partial charge in [0.2, 0.25) is 0 Å². The molecule has 0 aliphatic carbocycles. The van der Waals surface area contributed by atoms with Crippen LogP contribution in [-0.2, 0) is 0 Å². The van der Waals surface area contributed by atoms with E-state index in [1.165, 1.54) is 19.2 Å². The molecule has 2 aromatic rings. The van der Waals surface area contributed by atoms with Crippen LogP contribution in [0.15, 0.2) is 42.5 Å². The molecule has 0 heterocycles. The third kappa shape index (κ3) is 3.28. The highest BCUT2D eigenvalue weighted by atomic mass is 19.1. The van der Waals surface area contributed by atoms with Gasteiger partial charge < -0.3 is 10.1 Å². The van der Waals surface area contributed by atoms with Gasteiger partial charge in [0, 0.05) is 12.1 Å². The maximum atomic E-state index is 13.4. The summed E-state index contributed by atoms with van der Waals surface area (Å²) in [4.78, 5) is 10.5. The zero-order chi connectivity index (χ0) is 15.4. The molecule has 0 aromatic heterocycles. The number of nitrogens with zero attached hydrogens (tertiary/aromatic N) is 1. The highest BCUT2D eigenvalue weighted by Crippen LogP contribution is 2.29. The molecule has 0 saturated carbocycles. The standard InChI is InChI=1S/C15H15FN2O3/c1-10(11-7-8-12(16)15(9-11)21-2)17-13-5-3-4-6-14(13)18(19)20/h3-10,17H,1-2H3. The maximum Gasteiger partial charge on any atom is 0.292 e. The second-order valence-electron chi connectivity index (χ2n) is 4.53. The fourth-order valence-corrected chi connectivity index (χ4v) is 2.02. The fourth-order valence-electron chi connectivity index (χ4n) is 2.02. The largest absolute Gasteiger partial charge is 0.494 e. The summed E-state index contributed by atoms with van der Waals surface area (Å²) in [5, 5.41) is 14.0. The van der Waals surface area contributed by atoms with E-state index in [4.69, 9.17) is 4.74 Å². The van der Waals surface area contributed by atoms with E-state index in [2.05, 4.69) is 5.32 Å². The van der Waals surface area contributed by atoms with Crippen LogP contribution in [0.4, 0.5) is 15.8 Å². The van der Waals surface area contributed by atoms with Crippen LogP contribution in [0.2, 0.25) is 0 Å². The molecule has 0 amide bonds. The molecule has 0 bridgehead atoms. The van der Waals surface area contributed by atoms with Gasteiger partial charge in [-0.3, -0.25) is 10.1 Å². The van der Waals surface area contributed by atoms with E-state index < -0.39 is 10.7 Å². The summed E-state index contributed by atoms with van der Waals surface area (Å²) in [5.74, 6) is -0.303. The van der Waals surface area contributed by atoms with Crippen molar-refractivity contribution in [3.63, 3.8) is 0 Å². The van der Waals surface area contributed by atoms with E-state index >= 15 is 0 Å². The number of nitro groups is 1. The molecule has 0 saturated heterocycles. The molecule has 1 N–H and O–H groups in total. The number of rotatable bonds is 5. The Morgan fingerprint density at radius 1 is 1.29 bits per heavy atom. The Hall–Kier alpha value is -2.63. The number of hydrogen-bond acceptors (Lipinski definition) is 4. The van der Waals surface area contributed by atoms with Crippen LogP contribution in [0.25, 0.3) is 0 Å². The van der Waals surface area contributed by atoms with Crippen molar-refractivity contribution in [1.29, 1.82) is 0 Å². The van der Waals surface area contributed by atoms with Gasteiger partial charge in [-0.1, -0.05) is 18.2 Å². The predicted molar refractivity (Wildman–Crippen MR) is 78.1 cm³/mol. The van der Waals surface area contributed by atoms with Gasteiger partial charge in [-0.2, -0.15) is 0 Å². The number of nitrogens with one attached hydrogen (secondary N) is 1. The minimum atomic E-state index is -0.445. The van der Waals surface area contributed by atoms with Gasteiger partial charge in [0.1, 0.15) is 5.69 Å². The average molecular weight is 290 g/mol. The van der Waals surface area contributed by atoms with E-state index in [9.17, 15) is 14.5 Å². The topological polar surface area (TPSA) is 64.4 Å². The first-order chi connectivity index (χ1) is 10.0. The van der Waals surface area contributed by atoms with Crippen LogP contribution >= 0.6 is 0 Å². The molecule has 0 fully saturated rings. The Bertz CT molecular complexity index is 661. The van der Waals surface area contributed by atoms with Crippen molar-refractivity contribution < 1.29 is 14.1 Å². The molecule has 0 radical (unpaired) electrons. The fraction of sp³-hybridized carbons (Fsp3) is 0.200. The summed E-state index contributed by atoms with van der Waals surface area (Å²) in [7, 11) is 1.39. The second-order valence-corrected chi connectivity index (χ2v) is 4.53. The summed E-state index contributed by atoms with van der Waals surface area (Å²) >= 11 is 0. The van der Waals surface area contributed by atoms with E-state index in [0.717, 1.165) is 5.56 Å². The molecule has 1 unspecified atom stereocenters. The summed E-state index contributed by atoms with van der Waals surface area (Å²) < 4.78 is 18.3. The highest BCUT2D eigenvalue weighted by Gasteiger charge is 2.16. The van der Waals surface area contributed by atoms with E-state index in [0.29, 0.717) is 5.69 Å². The van der Waals surface area contributed by atoms with E-state index in [1.807, 2.05) is 6.92 Å². The van der Waals surface area contributed by atoms with E-state index in [-0.39, 0.29) is 17.5 Å². The normalized spacial score (nSPS) is 11.8. The molecule has 0 spiro atoms. The van der Waals surface area contributed by atoms with Crippen LogP contribution < -0.4 is 10.1 Å². The third-order valence-electron chi connectivity index (χ3n) is 3.15. The monoisotopic (exact) mass is 290 g/mol. The molecule has 110 valence electrons. The summed E-state index contributed by atoms with van der Waals surface area (Å²) in [6.45, 7) is 1.84. The van der Waals surface area contributed by atoms with Crippen molar-refractivity contribution in [3.05, 3.63) is 64.0 Å². The number of benzene rings is 2. The minimum Gasteiger partial charge on any atom is -0.494 e. The number of ether oxygens (including phenoxy) is 1. The Kier molecular flexibility index (Phi) is 4.37. The first-order valence-corrected chi connectivity index (χ1v) is 6.36. The predicted octanol–water partition coefficient (Wildman–Crippen LogP) is 3.92. The Morgan fingerprint density at radius 3 is 2.67 bits per heavy atom. The van der Waals surface area contributed by atoms with Gasteiger partial charge in [0.25, 0.3) is 5.69 Å². The number of hydrogen-bond donors (Lipinski definition) is 1. The summed E-state index contributed by atoms with van der Waals surface area (Å²) in [6, 6.07) is 10.6. The van der Waals surface area contributed by atoms with Crippen LogP contribution in [0.3, 0.4) is 0 Å². The molecule has 0 aliphatic rings. The van der Waals surface area contributed by atoms with Crippen LogP contribution in [0, 0.1) is 15.9 Å². The number of nitro benzene ring substituents is 1. The van der Waals surface area contributed by atoms with Gasteiger partial charge in [-0.15, -0.1) is 0 Å². The Morgan fingerprint density at radius 2 is 2.00 bits per heavy atom. The van der Waals surface area contributed by atoms with Crippen LogP contribution in [0.5, 0.6) is 5.75 Å². The zero-order valence-corrected chi connectivity index (χ0v) is 11.7. The highest BCUT2D eigenvalue weighted by molar-refractivity contribution is 5.62. The van der Waals surface area contributed by atoms with Gasteiger partial charge >= 0.3 is 0 Å². The lowest BCUT2D eigenvalue weighted by Gasteiger charge is -2.16. The SMILES string of the molecule is COc1cc(C(C)Nc2ccccc2[N+](=O)[O-])ccc1F. The van der Waals surface area contributed by atoms with Crippen molar-refractivity contribution in [2.75, 3.05) is 12.4 Å². The number of anilines is 1. The lowest BCUT2D eigenvalue weighted by molar-refractivity contribution is -0.384. The molecule has 2 aromatic carbocycles. The second kappa shape index (κ2) is 6.21. The molecule has 2 rings (SSSR count). The number of halogens is 1. The van der Waals surface area contributed by atoms with Gasteiger partial charge in [0.05, 0.1) is 12.0 Å². The third-order valence-corrected chi connectivity index (χ3v) is 3.15. The lowest BCUT2D eigenvalue weighted by atomic mass is 10.1. The maximum absolute atomic E-state index is 13.4. The molecule has 6 heteroatoms. The van der Waals surface area contributed by atoms with Crippen LogP contribution in [0.1, 0.15) is 18.5 Å². The van der Waals surface area contributed by atoms with Crippen molar-refractivity contribution >= 4 is 11.4 Å². The minimum absolute atomic E-state index is 0.00146. The first kappa shape index (κ1) is 14.8. The molecular weight excluding hydrogens is 275 g/mol. The first-order valence-electron chi connectivity index (χ1n) is 6.36. The Balaban J connectivity index is 2.26. The lowest BCUT2D eigenvalue weighted by Crippen LogP contribution is -2.08. The van der Waals surface area contributed by atoms with Crippen molar-refractivity contribution in [3.8, 4) is 5.75 Å². The quantitative estimate of drug-likeness (QED) is 0.669. The Labute approximate surface area is 121 Å². The van der Waals surface area contributed by atoms with Gasteiger partial charge in [-0.25, -0.2) is 4.39 Å². The molecule has 5 nitrogen and oxygen atoms in total. The molecule has 0 aliphatic heterocycles. The average Bonchev–Trinajstić information content (AvgIpc) is 2.48. The van der Waals surface area contributed by atoms with E-state index in [1.54, 1.807) is 30.3 Å². The zero-order valence-electron chi connectivity index (χ0n) is 11.7. The van der Waals surface area contributed by atoms with Crippen molar-refractivity contribution in [2.24, 2.45) is 0 Å². The summed E-state index contributed by atoms with van der Waals surface area (Å²) in [5.41, 5.74) is 1.18. The smallest absolute Gasteiger partial charge is 0.292 e. The molecule has 21 heavy (non-hydrogen) atoms. The van der Waals surface area contributed by atoms with Gasteiger partial charge in [-0.05, 0) is 30.7 Å². The van der Waals surface area contributed by atoms with Crippen molar-refractivity contribution in [1.82, 2.24) is 0 Å². The summed E-state index contributed by atoms with van der Waals surface area (Å²) in [6.07, 6.45) is 0. The van der Waals surface area contributed by atoms with Gasteiger partial charge in [0.15, 0.2) is 11.6 Å². The number of methoxy groups -OCH3 is 1. The molecular formula is C15H15FN2O3. The number of para-hydroxylation sites is 2. The van der Waals surface area contributed by atoms with Crippen molar-refractivity contribution in [2.45, 2.75) is 13.0 Å².